The second-order valence-corrected chi connectivity index (χ2v) is 15.1. The highest BCUT2D eigenvalue weighted by Crippen LogP contribution is 2.75. The van der Waals surface area contributed by atoms with Crippen molar-refractivity contribution in [3.05, 3.63) is 0 Å². The van der Waals surface area contributed by atoms with Gasteiger partial charge in [-0.15, -0.1) is 0 Å². The van der Waals surface area contributed by atoms with Crippen LogP contribution in [-0.2, 0) is 0 Å². The van der Waals surface area contributed by atoms with Crippen molar-refractivity contribution in [2.24, 2.45) is 0 Å². The molecule has 3 rings (SSSR count). The van der Waals surface area contributed by atoms with Crippen LogP contribution in [0.1, 0.15) is 79.6 Å². The summed E-state index contributed by atoms with van der Waals surface area (Å²) in [5.74, 6) is 0. The van der Waals surface area contributed by atoms with Gasteiger partial charge in [-0.3, -0.25) is 0 Å². The summed E-state index contributed by atoms with van der Waals surface area (Å²) in [7, 11) is 0.577. The van der Waals surface area contributed by atoms with Crippen molar-refractivity contribution in [2.75, 3.05) is 0 Å². The largest absolute Gasteiger partial charge is 0.0968 e. The number of hydrogen-bond acceptors (Lipinski definition) is 0. The summed E-state index contributed by atoms with van der Waals surface area (Å²) in [5, 5.41) is 0.753. The van der Waals surface area contributed by atoms with Gasteiger partial charge >= 0.3 is 0 Å². The maximum absolute atomic E-state index is 2.74. The fourth-order valence-corrected chi connectivity index (χ4v) is 15.6. The predicted octanol–water partition coefficient (Wildman–Crippen LogP) is 6.40. The van der Waals surface area contributed by atoms with Crippen LogP contribution in [0.15, 0.2) is 0 Å². The van der Waals surface area contributed by atoms with Crippen LogP contribution in [0.25, 0.3) is 0 Å². The van der Waals surface area contributed by atoms with E-state index in [1.807, 2.05) is 0 Å². The van der Waals surface area contributed by atoms with E-state index in [2.05, 4.69) is 34.6 Å². The minimum absolute atomic E-state index is 0.272. The van der Waals surface area contributed by atoms with Crippen molar-refractivity contribution in [3.8, 4) is 0 Å². The van der Waals surface area contributed by atoms with Gasteiger partial charge < -0.3 is 0 Å². The van der Waals surface area contributed by atoms with Crippen molar-refractivity contribution in [2.45, 2.75) is 113 Å². The first kappa shape index (κ1) is 15.7. The Morgan fingerprint density at radius 3 is 1.80 bits per heavy atom. The fourth-order valence-electron chi connectivity index (χ4n) is 5.93. The molecule has 0 spiro atoms. The van der Waals surface area contributed by atoms with Crippen LogP contribution in [0, 0.1) is 0 Å². The third kappa shape index (κ3) is 2.42. The zero-order valence-corrected chi connectivity index (χ0v) is 16.0. The van der Waals surface area contributed by atoms with Gasteiger partial charge in [0.2, 0.25) is 0 Å². The van der Waals surface area contributed by atoms with Gasteiger partial charge in [0.25, 0.3) is 0 Å². The molecule has 0 aromatic heterocycles. The molecule has 3 fully saturated rings. The van der Waals surface area contributed by atoms with E-state index in [0.717, 1.165) is 33.5 Å². The maximum atomic E-state index is 2.74. The average molecular weight is 312 g/mol. The molecule has 0 amide bonds. The normalized spacial score (nSPS) is 51.1. The fraction of sp³-hybridized carbons (Fsp3) is 1.00. The van der Waals surface area contributed by atoms with Crippen molar-refractivity contribution in [1.82, 2.24) is 0 Å². The summed E-state index contributed by atoms with van der Waals surface area (Å²) < 4.78 is 0. The van der Waals surface area contributed by atoms with Crippen LogP contribution in [0.2, 0.25) is 0 Å². The molecule has 0 aromatic carbocycles. The summed E-state index contributed by atoms with van der Waals surface area (Å²) in [6.45, 7) is 13.1. The Bertz CT molecular complexity index is 335. The first-order valence-electron chi connectivity index (χ1n) is 9.01. The lowest BCUT2D eigenvalue weighted by molar-refractivity contribution is 0.650. The molecule has 2 heteroatoms. The molecule has 0 nitrogen and oxygen atoms in total. The summed E-state index contributed by atoms with van der Waals surface area (Å²) >= 11 is 0. The topological polar surface area (TPSA) is 0 Å². The molecule has 2 heterocycles. The quantitative estimate of drug-likeness (QED) is 0.517. The molecule has 2 saturated heterocycles. The SMILES string of the molecule is C[C@H]1CC[C@H](C)P1C1CCCC1(C)P1[C@@H](C)CC[C@@H]1C. The molecule has 20 heavy (non-hydrogen) atoms. The molecular formula is C18H34P2. The van der Waals surface area contributed by atoms with Crippen LogP contribution in [0.3, 0.4) is 0 Å². The Hall–Kier alpha value is 0.860. The van der Waals surface area contributed by atoms with Crippen LogP contribution in [0.4, 0.5) is 0 Å². The molecule has 116 valence electrons. The molecular weight excluding hydrogens is 278 g/mol. The average Bonchev–Trinajstić information content (AvgIpc) is 3.01. The lowest BCUT2D eigenvalue weighted by atomic mass is 10.1. The van der Waals surface area contributed by atoms with Gasteiger partial charge in [0.1, 0.15) is 0 Å². The van der Waals surface area contributed by atoms with Crippen LogP contribution >= 0.6 is 15.8 Å². The standard InChI is InChI=1S/C18H34P2/c1-13-8-9-14(2)19(13)17-7-6-12-18(17,5)20-15(3)10-11-16(20)4/h13-17H,6-12H2,1-5H3/t13-,14-,15-,16-,17?,18?/m0/s1. The predicted molar refractivity (Wildman–Crippen MR) is 96.2 cm³/mol. The second kappa shape index (κ2) is 5.81. The molecule has 3 aliphatic rings. The van der Waals surface area contributed by atoms with E-state index in [1.165, 1.54) is 32.1 Å². The third-order valence-corrected chi connectivity index (χ3v) is 15.2. The Morgan fingerprint density at radius 2 is 1.25 bits per heavy atom. The summed E-state index contributed by atoms with van der Waals surface area (Å²) in [6.07, 6.45) is 10.8. The van der Waals surface area contributed by atoms with Crippen molar-refractivity contribution < 1.29 is 0 Å². The van der Waals surface area contributed by atoms with E-state index in [-0.39, 0.29) is 7.92 Å². The van der Waals surface area contributed by atoms with E-state index in [9.17, 15) is 0 Å². The Morgan fingerprint density at radius 1 is 0.750 bits per heavy atom. The zero-order valence-electron chi connectivity index (χ0n) is 14.2. The highest BCUT2D eigenvalue weighted by Gasteiger charge is 2.54. The van der Waals surface area contributed by atoms with Gasteiger partial charge in [-0.2, -0.15) is 0 Å². The van der Waals surface area contributed by atoms with E-state index < -0.39 is 0 Å². The lowest BCUT2D eigenvalue weighted by Gasteiger charge is -2.47. The van der Waals surface area contributed by atoms with Crippen molar-refractivity contribution >= 4 is 15.8 Å². The smallest absolute Gasteiger partial charge is 0.00503 e. The first-order chi connectivity index (χ1) is 9.45. The summed E-state index contributed by atoms with van der Waals surface area (Å²) in [5.41, 5.74) is 5.35. The Kier molecular flexibility index (Phi) is 4.58. The molecule has 1 aliphatic carbocycles. The summed E-state index contributed by atoms with van der Waals surface area (Å²) in [6, 6.07) is 0. The monoisotopic (exact) mass is 312 g/mol. The number of hydrogen-bond donors (Lipinski definition) is 0. The maximum Gasteiger partial charge on any atom is -0.00503 e. The van der Waals surface area contributed by atoms with Gasteiger partial charge in [-0.25, -0.2) is 0 Å². The van der Waals surface area contributed by atoms with E-state index >= 15 is 0 Å². The molecule has 0 aromatic rings. The highest BCUT2D eigenvalue weighted by atomic mass is 31.1. The van der Waals surface area contributed by atoms with Gasteiger partial charge in [0.15, 0.2) is 0 Å². The third-order valence-electron chi connectivity index (χ3n) is 6.80. The van der Waals surface area contributed by atoms with Crippen LogP contribution < -0.4 is 0 Å². The van der Waals surface area contributed by atoms with Gasteiger partial charge in [0.05, 0.1) is 0 Å². The minimum Gasteiger partial charge on any atom is -0.0968 e. The molecule has 0 radical (unpaired) electrons. The van der Waals surface area contributed by atoms with E-state index in [1.54, 1.807) is 12.8 Å². The second-order valence-electron chi connectivity index (χ2n) is 8.17. The molecule has 0 N–H and O–H groups in total. The lowest BCUT2D eigenvalue weighted by Crippen LogP contribution is -2.36. The molecule has 6 atom stereocenters. The van der Waals surface area contributed by atoms with Crippen molar-refractivity contribution in [3.63, 3.8) is 0 Å². The molecule has 1 saturated carbocycles. The Balaban J connectivity index is 1.87. The molecule has 2 aliphatic heterocycles. The molecule has 0 bridgehead atoms. The van der Waals surface area contributed by atoms with Gasteiger partial charge in [-0.05, 0) is 72.0 Å². The number of rotatable bonds is 2. The summed E-state index contributed by atoms with van der Waals surface area (Å²) in [4.78, 5) is 0. The van der Waals surface area contributed by atoms with Crippen LogP contribution in [-0.4, -0.2) is 33.5 Å². The van der Waals surface area contributed by atoms with E-state index in [4.69, 9.17) is 0 Å². The Labute approximate surface area is 129 Å². The van der Waals surface area contributed by atoms with Gasteiger partial charge in [-0.1, -0.05) is 56.9 Å². The van der Waals surface area contributed by atoms with Crippen LogP contribution in [0.5, 0.6) is 0 Å². The van der Waals surface area contributed by atoms with Gasteiger partial charge in [0, 0.05) is 0 Å². The van der Waals surface area contributed by atoms with Crippen molar-refractivity contribution in [1.29, 1.82) is 0 Å². The minimum atomic E-state index is 0.272. The first-order valence-corrected chi connectivity index (χ1v) is 12.0. The zero-order chi connectivity index (χ0) is 14.5. The van der Waals surface area contributed by atoms with E-state index in [0.29, 0.717) is 7.92 Å². The highest BCUT2D eigenvalue weighted by molar-refractivity contribution is 7.65. The molecule has 2 unspecified atom stereocenters.